The molecule has 1 fully saturated rings. The molecule has 0 radical (unpaired) electrons. The van der Waals surface area contributed by atoms with E-state index in [-0.39, 0.29) is 40.4 Å². The molecule has 13 heteroatoms. The van der Waals surface area contributed by atoms with Crippen molar-refractivity contribution in [2.75, 3.05) is 29.3 Å². The summed E-state index contributed by atoms with van der Waals surface area (Å²) in [5, 5.41) is 13.0. The van der Waals surface area contributed by atoms with Gasteiger partial charge >= 0.3 is 5.97 Å². The molecule has 0 unspecified atom stereocenters. The molecule has 1 saturated heterocycles. The molecule has 4 aromatic rings. The van der Waals surface area contributed by atoms with E-state index in [1.54, 1.807) is 6.07 Å². The largest absolute Gasteiger partial charge is 0.478 e. The lowest BCUT2D eigenvalue weighted by molar-refractivity contribution is 0.0696. The molecule has 51 heavy (non-hydrogen) atoms. The maximum absolute atomic E-state index is 13.4. The minimum Gasteiger partial charge on any atom is -0.478 e. The van der Waals surface area contributed by atoms with Gasteiger partial charge in [0.25, 0.3) is 10.0 Å². The Kier molecular flexibility index (Phi) is 11.3. The number of carboxylic acids is 1. The van der Waals surface area contributed by atoms with Gasteiger partial charge in [-0.3, -0.25) is 0 Å². The number of aromatic nitrogens is 4. The molecule has 1 aliphatic heterocycles. The van der Waals surface area contributed by atoms with Crippen LogP contribution in [-0.4, -0.2) is 65.2 Å². The molecule has 1 aliphatic rings. The van der Waals surface area contributed by atoms with Crippen LogP contribution in [0, 0.1) is 24.7 Å². The number of ether oxygens (including phenoxy) is 1. The smallest absolute Gasteiger partial charge is 0.335 e. The van der Waals surface area contributed by atoms with Gasteiger partial charge in [-0.2, -0.15) is 4.98 Å². The van der Waals surface area contributed by atoms with E-state index in [4.69, 9.17) is 4.74 Å². The Balaban J connectivity index is 1.36. The van der Waals surface area contributed by atoms with Crippen LogP contribution in [0.4, 0.5) is 11.6 Å². The zero-order chi connectivity index (χ0) is 37.0. The summed E-state index contributed by atoms with van der Waals surface area (Å²) in [5.41, 5.74) is 4.42. The topological polar surface area (TPSA) is 160 Å². The van der Waals surface area contributed by atoms with Gasteiger partial charge in [0, 0.05) is 30.8 Å². The van der Waals surface area contributed by atoms with Gasteiger partial charge in [0.15, 0.2) is 0 Å². The molecule has 2 aromatic heterocycles. The SMILES string of the molecule is Cc1cccc(C)c1-c1cc(OC[C@@H](CC(C)(C)C)NCc2ncc(N3CCC(C)(C)CC3)cn2)nc(NS(=O)(=O)c2cccc(C(=O)O)c2)n1. The van der Waals surface area contributed by atoms with E-state index in [1.165, 1.54) is 18.2 Å². The number of carboxylic acid groups (broad SMARTS) is 1. The number of hydrogen-bond acceptors (Lipinski definition) is 10. The van der Waals surface area contributed by atoms with Crippen molar-refractivity contribution in [3.8, 4) is 17.1 Å². The van der Waals surface area contributed by atoms with Crippen molar-refractivity contribution in [1.29, 1.82) is 0 Å². The van der Waals surface area contributed by atoms with Gasteiger partial charge in [-0.05, 0) is 73.3 Å². The maximum atomic E-state index is 13.4. The molecule has 0 amide bonds. The van der Waals surface area contributed by atoms with E-state index < -0.39 is 16.0 Å². The minimum atomic E-state index is -4.24. The fraction of sp³-hybridized carbons (Fsp3) is 0.447. The zero-order valence-electron chi connectivity index (χ0n) is 30.5. The molecule has 3 N–H and O–H groups in total. The van der Waals surface area contributed by atoms with Crippen molar-refractivity contribution in [3.05, 3.63) is 83.4 Å². The van der Waals surface area contributed by atoms with Crippen molar-refractivity contribution in [3.63, 3.8) is 0 Å². The van der Waals surface area contributed by atoms with E-state index in [0.717, 1.165) is 60.8 Å². The van der Waals surface area contributed by atoms with E-state index in [2.05, 4.69) is 69.5 Å². The normalized spacial score (nSPS) is 15.3. The quantitative estimate of drug-likeness (QED) is 0.136. The number of sulfonamides is 1. The predicted molar refractivity (Wildman–Crippen MR) is 199 cm³/mol. The third kappa shape index (κ3) is 10.2. The van der Waals surface area contributed by atoms with Crippen molar-refractivity contribution in [2.45, 2.75) is 85.2 Å². The molecule has 272 valence electrons. The second kappa shape index (κ2) is 15.3. The molecule has 0 spiro atoms. The van der Waals surface area contributed by atoms with Crippen LogP contribution in [0.15, 0.2) is 65.8 Å². The predicted octanol–water partition coefficient (Wildman–Crippen LogP) is 6.65. The van der Waals surface area contributed by atoms with E-state index in [9.17, 15) is 18.3 Å². The number of hydrogen-bond donors (Lipinski definition) is 3. The standard InChI is InChI=1S/C38H49N7O5S/c1-25-10-8-11-26(2)34(25)31-19-33(43-36(42-31)44-51(48,49)30-13-9-12-27(18-30)35(46)47)50-24-28(20-37(3,4)5)39-23-32-40-21-29(22-41-32)45-16-14-38(6,7)15-17-45/h8-13,18-19,21-22,28,39H,14-17,20,23-24H2,1-7H3,(H,46,47)(H,42,43,44)/t28-/m1/s1. The molecular formula is C38H49N7O5S. The number of piperidine rings is 1. The number of nitrogens with zero attached hydrogens (tertiary/aromatic N) is 5. The number of benzene rings is 2. The monoisotopic (exact) mass is 715 g/mol. The van der Waals surface area contributed by atoms with Crippen LogP contribution in [0.3, 0.4) is 0 Å². The summed E-state index contributed by atoms with van der Waals surface area (Å²) < 4.78 is 35.5. The van der Waals surface area contributed by atoms with Crippen LogP contribution in [0.1, 0.15) is 81.2 Å². The first kappa shape index (κ1) is 37.6. The Bertz CT molecular complexity index is 1930. The highest BCUT2D eigenvalue weighted by Crippen LogP contribution is 2.32. The second-order valence-corrected chi connectivity index (χ2v) is 17.0. The second-order valence-electron chi connectivity index (χ2n) is 15.3. The molecule has 0 saturated carbocycles. The fourth-order valence-electron chi connectivity index (χ4n) is 6.19. The number of anilines is 2. The first-order valence-corrected chi connectivity index (χ1v) is 18.7. The Morgan fingerprint density at radius 3 is 2.27 bits per heavy atom. The number of rotatable bonds is 13. The minimum absolute atomic E-state index is 0.0336. The van der Waals surface area contributed by atoms with Gasteiger partial charge in [-0.25, -0.2) is 32.9 Å². The van der Waals surface area contributed by atoms with Crippen LogP contribution in [0.25, 0.3) is 11.3 Å². The van der Waals surface area contributed by atoms with Gasteiger partial charge in [-0.15, -0.1) is 0 Å². The Hall–Kier alpha value is -4.62. The molecule has 0 aliphatic carbocycles. The first-order valence-electron chi connectivity index (χ1n) is 17.2. The summed E-state index contributed by atoms with van der Waals surface area (Å²) >= 11 is 0. The molecular weight excluding hydrogens is 667 g/mol. The average molecular weight is 716 g/mol. The van der Waals surface area contributed by atoms with Gasteiger partial charge in [0.2, 0.25) is 11.8 Å². The van der Waals surface area contributed by atoms with Gasteiger partial charge in [0.1, 0.15) is 12.4 Å². The lowest BCUT2D eigenvalue weighted by Crippen LogP contribution is -2.38. The van der Waals surface area contributed by atoms with E-state index in [1.807, 2.05) is 44.4 Å². The van der Waals surface area contributed by atoms with Crippen LogP contribution in [-0.2, 0) is 16.6 Å². The van der Waals surface area contributed by atoms with Crippen molar-refractivity contribution in [2.24, 2.45) is 10.8 Å². The molecule has 5 rings (SSSR count). The molecule has 2 aromatic carbocycles. The lowest BCUT2D eigenvalue weighted by atomic mass is 9.82. The van der Waals surface area contributed by atoms with Crippen LogP contribution in [0.2, 0.25) is 0 Å². The van der Waals surface area contributed by atoms with Crippen molar-refractivity contribution < 1.29 is 23.1 Å². The van der Waals surface area contributed by atoms with Crippen LogP contribution < -0.4 is 19.7 Å². The highest BCUT2D eigenvalue weighted by Gasteiger charge is 2.26. The maximum Gasteiger partial charge on any atom is 0.335 e. The van der Waals surface area contributed by atoms with Crippen molar-refractivity contribution in [1.82, 2.24) is 25.3 Å². The Labute approximate surface area is 301 Å². The molecule has 0 bridgehead atoms. The fourth-order valence-corrected chi connectivity index (χ4v) is 7.18. The highest BCUT2D eigenvalue weighted by atomic mass is 32.2. The molecule has 12 nitrogen and oxygen atoms in total. The third-order valence-electron chi connectivity index (χ3n) is 9.07. The van der Waals surface area contributed by atoms with Crippen LogP contribution >= 0.6 is 0 Å². The lowest BCUT2D eigenvalue weighted by Gasteiger charge is -2.37. The zero-order valence-corrected chi connectivity index (χ0v) is 31.3. The number of carbonyl (C=O) groups is 1. The van der Waals surface area contributed by atoms with E-state index in [0.29, 0.717) is 23.5 Å². The van der Waals surface area contributed by atoms with Crippen molar-refractivity contribution >= 4 is 27.6 Å². The highest BCUT2D eigenvalue weighted by molar-refractivity contribution is 7.92. The Morgan fingerprint density at radius 1 is 1.00 bits per heavy atom. The number of aromatic carboxylic acids is 1. The number of aryl methyl sites for hydroxylation is 2. The van der Waals surface area contributed by atoms with Crippen LogP contribution in [0.5, 0.6) is 5.88 Å². The molecule has 3 heterocycles. The summed E-state index contributed by atoms with van der Waals surface area (Å²) in [6, 6.07) is 12.5. The van der Waals surface area contributed by atoms with Gasteiger partial charge in [0.05, 0.1) is 40.8 Å². The average Bonchev–Trinajstić information content (AvgIpc) is 3.05. The Morgan fingerprint density at radius 2 is 1.65 bits per heavy atom. The number of nitrogens with one attached hydrogen (secondary N) is 2. The third-order valence-corrected chi connectivity index (χ3v) is 10.4. The summed E-state index contributed by atoms with van der Waals surface area (Å²) in [5.74, 6) is -0.569. The van der Waals surface area contributed by atoms with E-state index >= 15 is 0 Å². The summed E-state index contributed by atoms with van der Waals surface area (Å²) in [6.07, 6.45) is 6.83. The summed E-state index contributed by atoms with van der Waals surface area (Å²) in [6.45, 7) is 17.7. The van der Waals surface area contributed by atoms with Gasteiger partial charge < -0.3 is 20.1 Å². The summed E-state index contributed by atoms with van der Waals surface area (Å²) in [4.78, 5) is 31.9. The van der Waals surface area contributed by atoms with Gasteiger partial charge in [-0.1, -0.05) is 58.9 Å². The first-order chi connectivity index (χ1) is 24.0. The summed E-state index contributed by atoms with van der Waals surface area (Å²) in [7, 11) is -4.24. The molecule has 1 atom stereocenters.